The largest absolute Gasteiger partial charge is 0.361 e. The van der Waals surface area contributed by atoms with Crippen LogP contribution in [0.2, 0.25) is 5.02 Å². The predicted octanol–water partition coefficient (Wildman–Crippen LogP) is 2.54. The summed E-state index contributed by atoms with van der Waals surface area (Å²) in [4.78, 5) is 14.6. The van der Waals surface area contributed by atoms with Crippen LogP contribution < -0.4 is 5.32 Å². The van der Waals surface area contributed by atoms with Gasteiger partial charge < -0.3 is 10.3 Å². The first kappa shape index (κ1) is 12.1. The normalized spacial score (nSPS) is 12.9. The number of halogens is 1. The Kier molecular flexibility index (Phi) is 3.50. The molecule has 4 heteroatoms. The summed E-state index contributed by atoms with van der Waals surface area (Å²) in [7, 11) is 1.80. The number of hydrogen-bond acceptors (Lipinski definition) is 2. The Balaban J connectivity index is 2.35. The van der Waals surface area contributed by atoms with E-state index in [4.69, 9.17) is 11.6 Å². The maximum Gasteiger partial charge on any atom is 0.147 e. The third-order valence-corrected chi connectivity index (χ3v) is 3.23. The summed E-state index contributed by atoms with van der Waals surface area (Å²) in [6, 6.07) is 5.58. The van der Waals surface area contributed by atoms with E-state index in [1.807, 2.05) is 24.4 Å². The molecule has 1 heterocycles. The fourth-order valence-electron chi connectivity index (χ4n) is 1.99. The van der Waals surface area contributed by atoms with E-state index in [-0.39, 0.29) is 11.8 Å². The number of fused-ring (bicyclic) bond motifs is 1. The summed E-state index contributed by atoms with van der Waals surface area (Å²) < 4.78 is 0. The second-order valence-electron chi connectivity index (χ2n) is 4.16. The fraction of sp³-hybridized carbons (Fsp3) is 0.308. The van der Waals surface area contributed by atoms with E-state index in [1.54, 1.807) is 14.0 Å². The lowest BCUT2D eigenvalue weighted by atomic mass is 10.0. The molecule has 0 unspecified atom stereocenters. The van der Waals surface area contributed by atoms with Crippen LogP contribution in [0, 0.1) is 0 Å². The number of ketones is 1. The molecule has 2 N–H and O–H groups in total. The second kappa shape index (κ2) is 4.90. The average molecular weight is 251 g/mol. The highest BCUT2D eigenvalue weighted by Gasteiger charge is 2.14. The second-order valence-corrected chi connectivity index (χ2v) is 4.60. The number of likely N-dealkylation sites (N-methyl/N-ethyl adjacent to an activating group) is 1. The Hall–Kier alpha value is -1.32. The van der Waals surface area contributed by atoms with Gasteiger partial charge in [0.1, 0.15) is 5.78 Å². The van der Waals surface area contributed by atoms with E-state index in [0.29, 0.717) is 11.4 Å². The number of benzene rings is 1. The van der Waals surface area contributed by atoms with Gasteiger partial charge in [0.2, 0.25) is 0 Å². The summed E-state index contributed by atoms with van der Waals surface area (Å²) in [5.74, 6) is 0.142. The number of aromatic amines is 1. The summed E-state index contributed by atoms with van der Waals surface area (Å²) in [6.45, 7) is 1.60. The first-order chi connectivity index (χ1) is 8.11. The molecule has 0 spiro atoms. The van der Waals surface area contributed by atoms with Crippen LogP contribution in [0.5, 0.6) is 0 Å². The Morgan fingerprint density at radius 2 is 2.29 bits per heavy atom. The van der Waals surface area contributed by atoms with Crippen molar-refractivity contribution in [1.82, 2.24) is 10.3 Å². The molecule has 0 aliphatic heterocycles. The van der Waals surface area contributed by atoms with Crippen molar-refractivity contribution in [1.29, 1.82) is 0 Å². The summed E-state index contributed by atoms with van der Waals surface area (Å²) >= 11 is 5.98. The smallest absolute Gasteiger partial charge is 0.147 e. The number of nitrogens with one attached hydrogen (secondary N) is 2. The minimum Gasteiger partial charge on any atom is -0.361 e. The molecule has 17 heavy (non-hydrogen) atoms. The van der Waals surface area contributed by atoms with Gasteiger partial charge in [-0.25, -0.2) is 0 Å². The maximum absolute atomic E-state index is 11.4. The van der Waals surface area contributed by atoms with Gasteiger partial charge in [-0.1, -0.05) is 11.6 Å². The van der Waals surface area contributed by atoms with Crippen LogP contribution in [0.15, 0.2) is 24.4 Å². The van der Waals surface area contributed by atoms with Crippen LogP contribution in [0.4, 0.5) is 0 Å². The standard InChI is InChI=1S/C13H15ClN2O/c1-8(17)13(15-2)5-9-7-16-12-4-3-10(14)6-11(9)12/h3-4,6-7,13,15-16H,5H2,1-2H3/t13-/m1/s1. The van der Waals surface area contributed by atoms with Gasteiger partial charge in [-0.2, -0.15) is 0 Å². The van der Waals surface area contributed by atoms with Crippen LogP contribution in [0.1, 0.15) is 12.5 Å². The van der Waals surface area contributed by atoms with Crippen molar-refractivity contribution in [3.8, 4) is 0 Å². The van der Waals surface area contributed by atoms with E-state index >= 15 is 0 Å². The van der Waals surface area contributed by atoms with Gasteiger partial charge in [-0.3, -0.25) is 4.79 Å². The van der Waals surface area contributed by atoms with E-state index in [9.17, 15) is 4.79 Å². The summed E-state index contributed by atoms with van der Waals surface area (Å²) in [5.41, 5.74) is 2.15. The quantitative estimate of drug-likeness (QED) is 0.876. The van der Waals surface area contributed by atoms with Crippen molar-refractivity contribution in [2.24, 2.45) is 0 Å². The molecule has 0 aliphatic carbocycles. The van der Waals surface area contributed by atoms with Crippen LogP contribution in [0.25, 0.3) is 10.9 Å². The van der Waals surface area contributed by atoms with Crippen molar-refractivity contribution in [2.45, 2.75) is 19.4 Å². The molecule has 0 aliphatic rings. The maximum atomic E-state index is 11.4. The first-order valence-corrected chi connectivity index (χ1v) is 5.93. The van der Waals surface area contributed by atoms with Crippen LogP contribution in [-0.4, -0.2) is 23.9 Å². The monoisotopic (exact) mass is 250 g/mol. The van der Waals surface area contributed by atoms with E-state index in [0.717, 1.165) is 16.5 Å². The highest BCUT2D eigenvalue weighted by molar-refractivity contribution is 6.31. The first-order valence-electron chi connectivity index (χ1n) is 5.55. The molecule has 2 aromatic rings. The van der Waals surface area contributed by atoms with Crippen LogP contribution in [0.3, 0.4) is 0 Å². The van der Waals surface area contributed by atoms with Gasteiger partial charge >= 0.3 is 0 Å². The van der Waals surface area contributed by atoms with E-state index in [1.165, 1.54) is 0 Å². The lowest BCUT2D eigenvalue weighted by molar-refractivity contribution is -0.118. The minimum atomic E-state index is -0.145. The molecular weight excluding hydrogens is 236 g/mol. The molecular formula is C13H15ClN2O. The fourth-order valence-corrected chi connectivity index (χ4v) is 2.16. The molecule has 1 aromatic heterocycles. The number of H-pyrrole nitrogens is 1. The lowest BCUT2D eigenvalue weighted by Gasteiger charge is -2.11. The third-order valence-electron chi connectivity index (χ3n) is 2.99. The molecule has 0 saturated carbocycles. The van der Waals surface area contributed by atoms with Crippen molar-refractivity contribution in [3.63, 3.8) is 0 Å². The van der Waals surface area contributed by atoms with Crippen molar-refractivity contribution in [2.75, 3.05) is 7.05 Å². The van der Waals surface area contributed by atoms with Gasteiger partial charge in [0.05, 0.1) is 6.04 Å². The van der Waals surface area contributed by atoms with Crippen LogP contribution in [-0.2, 0) is 11.2 Å². The zero-order chi connectivity index (χ0) is 12.4. The molecule has 0 saturated heterocycles. The Morgan fingerprint density at radius 3 is 2.94 bits per heavy atom. The summed E-state index contributed by atoms with van der Waals surface area (Å²) in [6.07, 6.45) is 2.61. The molecule has 0 amide bonds. The van der Waals surface area contributed by atoms with Gasteiger partial charge in [0.25, 0.3) is 0 Å². The molecule has 0 fully saturated rings. The number of aromatic nitrogens is 1. The number of hydrogen-bond donors (Lipinski definition) is 2. The summed E-state index contributed by atoms with van der Waals surface area (Å²) in [5, 5.41) is 4.82. The van der Waals surface area contributed by atoms with E-state index < -0.39 is 0 Å². The molecule has 1 aromatic carbocycles. The third kappa shape index (κ3) is 2.51. The average Bonchev–Trinajstić information content (AvgIpc) is 2.68. The topological polar surface area (TPSA) is 44.9 Å². The van der Waals surface area contributed by atoms with E-state index in [2.05, 4.69) is 10.3 Å². The van der Waals surface area contributed by atoms with Crippen molar-refractivity contribution in [3.05, 3.63) is 35.0 Å². The van der Waals surface area contributed by atoms with Crippen molar-refractivity contribution >= 4 is 28.3 Å². The van der Waals surface area contributed by atoms with Gasteiger partial charge in [0, 0.05) is 22.1 Å². The lowest BCUT2D eigenvalue weighted by Crippen LogP contribution is -2.34. The predicted molar refractivity (Wildman–Crippen MR) is 70.5 cm³/mol. The Morgan fingerprint density at radius 1 is 1.53 bits per heavy atom. The number of carbonyl (C=O) groups excluding carboxylic acids is 1. The zero-order valence-electron chi connectivity index (χ0n) is 9.88. The molecule has 90 valence electrons. The van der Waals surface area contributed by atoms with Crippen molar-refractivity contribution < 1.29 is 4.79 Å². The molecule has 0 radical (unpaired) electrons. The molecule has 3 nitrogen and oxygen atoms in total. The molecule has 2 rings (SSSR count). The minimum absolute atomic E-state index is 0.142. The number of carbonyl (C=O) groups is 1. The molecule has 1 atom stereocenters. The zero-order valence-corrected chi connectivity index (χ0v) is 10.6. The van der Waals surface area contributed by atoms with Gasteiger partial charge in [0.15, 0.2) is 0 Å². The Labute approximate surface area is 105 Å². The van der Waals surface area contributed by atoms with Crippen LogP contribution >= 0.6 is 11.6 Å². The molecule has 0 bridgehead atoms. The van der Waals surface area contributed by atoms with Gasteiger partial charge in [-0.15, -0.1) is 0 Å². The highest BCUT2D eigenvalue weighted by atomic mass is 35.5. The Bertz CT molecular complexity index is 547. The number of Topliss-reactive ketones (excluding diaryl/α,β-unsaturated/α-hetero) is 1. The number of rotatable bonds is 4. The highest BCUT2D eigenvalue weighted by Crippen LogP contribution is 2.23. The van der Waals surface area contributed by atoms with Gasteiger partial charge in [-0.05, 0) is 44.2 Å². The SMILES string of the molecule is CN[C@H](Cc1c[nH]c2ccc(Cl)cc12)C(C)=O.